The van der Waals surface area contributed by atoms with Gasteiger partial charge in [-0.15, -0.1) is 16.4 Å². The van der Waals surface area contributed by atoms with E-state index in [9.17, 15) is 0 Å². The Kier molecular flexibility index (Phi) is 5.50. The number of aromatic nitrogens is 3. The van der Waals surface area contributed by atoms with E-state index in [1.54, 1.807) is 0 Å². The second-order valence-corrected chi connectivity index (χ2v) is 5.67. The third-order valence-electron chi connectivity index (χ3n) is 2.97. The van der Waals surface area contributed by atoms with Crippen LogP contribution in [0.1, 0.15) is 10.6 Å². The molecule has 19 heavy (non-hydrogen) atoms. The first-order valence-electron chi connectivity index (χ1n) is 6.52. The van der Waals surface area contributed by atoms with Gasteiger partial charge in [0.15, 0.2) is 0 Å². The summed E-state index contributed by atoms with van der Waals surface area (Å²) in [6, 6.07) is 4.30. The maximum atomic E-state index is 4.12. The molecule has 2 aromatic heterocycles. The Morgan fingerprint density at radius 1 is 1.42 bits per heavy atom. The SMILES string of the molecule is CNCc1cn(CCN(C)CCc2cccs2)nn1. The molecule has 6 heteroatoms. The van der Waals surface area contributed by atoms with Crippen molar-refractivity contribution in [2.75, 3.05) is 27.2 Å². The van der Waals surface area contributed by atoms with Crippen LogP contribution < -0.4 is 5.32 Å². The second kappa shape index (κ2) is 7.37. The van der Waals surface area contributed by atoms with E-state index in [1.165, 1.54) is 4.88 Å². The molecule has 0 saturated carbocycles. The van der Waals surface area contributed by atoms with Gasteiger partial charge in [0.1, 0.15) is 0 Å². The number of nitrogens with one attached hydrogen (secondary N) is 1. The van der Waals surface area contributed by atoms with Crippen LogP contribution in [0.25, 0.3) is 0 Å². The fourth-order valence-electron chi connectivity index (χ4n) is 1.85. The lowest BCUT2D eigenvalue weighted by Gasteiger charge is -2.15. The second-order valence-electron chi connectivity index (χ2n) is 4.64. The molecule has 2 heterocycles. The van der Waals surface area contributed by atoms with Crippen LogP contribution >= 0.6 is 11.3 Å². The highest BCUT2D eigenvalue weighted by molar-refractivity contribution is 7.09. The molecular formula is C13H21N5S. The highest BCUT2D eigenvalue weighted by Gasteiger charge is 2.03. The average molecular weight is 279 g/mol. The Labute approximate surface area is 118 Å². The van der Waals surface area contributed by atoms with Crippen LogP contribution in [0.4, 0.5) is 0 Å². The van der Waals surface area contributed by atoms with Crippen LogP contribution in [-0.2, 0) is 19.5 Å². The van der Waals surface area contributed by atoms with Crippen LogP contribution in [0.2, 0.25) is 0 Å². The highest BCUT2D eigenvalue weighted by atomic mass is 32.1. The molecule has 104 valence electrons. The molecule has 2 rings (SSSR count). The molecule has 0 fully saturated rings. The Morgan fingerprint density at radius 3 is 3.05 bits per heavy atom. The molecule has 0 aliphatic heterocycles. The van der Waals surface area contributed by atoms with Gasteiger partial charge in [0.05, 0.1) is 12.2 Å². The lowest BCUT2D eigenvalue weighted by Crippen LogP contribution is -2.25. The molecular weight excluding hydrogens is 258 g/mol. The van der Waals surface area contributed by atoms with E-state index in [-0.39, 0.29) is 0 Å². The summed E-state index contributed by atoms with van der Waals surface area (Å²) in [5, 5.41) is 13.4. The van der Waals surface area contributed by atoms with E-state index in [4.69, 9.17) is 0 Å². The lowest BCUT2D eigenvalue weighted by molar-refractivity contribution is 0.315. The highest BCUT2D eigenvalue weighted by Crippen LogP contribution is 2.09. The molecule has 0 spiro atoms. The van der Waals surface area contributed by atoms with Crippen molar-refractivity contribution >= 4 is 11.3 Å². The van der Waals surface area contributed by atoms with E-state index in [1.807, 2.05) is 29.3 Å². The average Bonchev–Trinajstić information content (AvgIpc) is 3.05. The van der Waals surface area contributed by atoms with Crippen molar-refractivity contribution < 1.29 is 0 Å². The number of hydrogen-bond acceptors (Lipinski definition) is 5. The van der Waals surface area contributed by atoms with Crippen LogP contribution in [0.5, 0.6) is 0 Å². The van der Waals surface area contributed by atoms with Gasteiger partial charge in [-0.25, -0.2) is 0 Å². The van der Waals surface area contributed by atoms with Crippen molar-refractivity contribution in [1.29, 1.82) is 0 Å². The summed E-state index contributed by atoms with van der Waals surface area (Å²) >= 11 is 1.83. The summed E-state index contributed by atoms with van der Waals surface area (Å²) in [4.78, 5) is 3.78. The molecule has 0 bridgehead atoms. The van der Waals surface area contributed by atoms with Gasteiger partial charge >= 0.3 is 0 Å². The smallest absolute Gasteiger partial charge is 0.0964 e. The monoisotopic (exact) mass is 279 g/mol. The van der Waals surface area contributed by atoms with E-state index in [2.05, 4.69) is 45.1 Å². The van der Waals surface area contributed by atoms with E-state index in [0.29, 0.717) is 0 Å². The first kappa shape index (κ1) is 14.2. The zero-order valence-electron chi connectivity index (χ0n) is 11.5. The summed E-state index contributed by atoms with van der Waals surface area (Å²) in [7, 11) is 4.07. The number of nitrogens with zero attached hydrogens (tertiary/aromatic N) is 4. The predicted octanol–water partition coefficient (Wildman–Crippen LogP) is 1.23. The summed E-state index contributed by atoms with van der Waals surface area (Å²) < 4.78 is 1.91. The van der Waals surface area contributed by atoms with E-state index >= 15 is 0 Å². The minimum absolute atomic E-state index is 0.772. The van der Waals surface area contributed by atoms with E-state index < -0.39 is 0 Å². The van der Waals surface area contributed by atoms with Gasteiger partial charge in [0.2, 0.25) is 0 Å². The fraction of sp³-hybridized carbons (Fsp3) is 0.538. The summed E-state index contributed by atoms with van der Waals surface area (Å²) in [5.41, 5.74) is 0.990. The minimum Gasteiger partial charge on any atom is -0.314 e. The maximum absolute atomic E-state index is 4.12. The molecule has 2 aromatic rings. The molecule has 0 unspecified atom stereocenters. The Hall–Kier alpha value is -1.24. The van der Waals surface area contributed by atoms with Gasteiger partial charge in [-0.1, -0.05) is 11.3 Å². The van der Waals surface area contributed by atoms with Gasteiger partial charge in [0.25, 0.3) is 0 Å². The number of rotatable bonds is 8. The molecule has 0 atom stereocenters. The van der Waals surface area contributed by atoms with E-state index in [0.717, 1.165) is 38.3 Å². The Balaban J connectivity index is 1.68. The fourth-order valence-corrected chi connectivity index (χ4v) is 2.55. The number of thiophene rings is 1. The zero-order chi connectivity index (χ0) is 13.5. The van der Waals surface area contributed by atoms with Crippen molar-refractivity contribution in [3.8, 4) is 0 Å². The lowest BCUT2D eigenvalue weighted by atomic mass is 10.3. The third kappa shape index (κ3) is 4.74. The maximum Gasteiger partial charge on any atom is 0.0964 e. The van der Waals surface area contributed by atoms with Gasteiger partial charge in [-0.05, 0) is 32.0 Å². The summed E-state index contributed by atoms with van der Waals surface area (Å²) in [6.07, 6.45) is 3.13. The zero-order valence-corrected chi connectivity index (χ0v) is 12.4. The molecule has 0 radical (unpaired) electrons. The molecule has 1 N–H and O–H groups in total. The summed E-state index contributed by atoms with van der Waals surface area (Å²) in [5.74, 6) is 0. The third-order valence-corrected chi connectivity index (χ3v) is 3.91. The number of hydrogen-bond donors (Lipinski definition) is 1. The molecule has 0 aliphatic rings. The summed E-state index contributed by atoms with van der Waals surface area (Å²) in [6.45, 7) is 3.73. The molecule has 0 amide bonds. The first-order valence-corrected chi connectivity index (χ1v) is 7.40. The molecule has 0 saturated heterocycles. The van der Waals surface area contributed by atoms with Gasteiger partial charge in [-0.3, -0.25) is 4.68 Å². The van der Waals surface area contributed by atoms with Crippen molar-refractivity contribution in [2.24, 2.45) is 0 Å². The van der Waals surface area contributed by atoms with Crippen LogP contribution in [0.15, 0.2) is 23.7 Å². The van der Waals surface area contributed by atoms with Gasteiger partial charge < -0.3 is 10.2 Å². The Bertz CT molecular complexity index is 465. The predicted molar refractivity (Wildman–Crippen MR) is 78.3 cm³/mol. The normalized spacial score (nSPS) is 11.3. The van der Waals surface area contributed by atoms with Gasteiger partial charge in [0, 0.05) is 30.7 Å². The minimum atomic E-state index is 0.772. The Morgan fingerprint density at radius 2 is 2.32 bits per heavy atom. The van der Waals surface area contributed by atoms with Crippen molar-refractivity contribution in [3.05, 3.63) is 34.3 Å². The first-order chi connectivity index (χ1) is 9.28. The van der Waals surface area contributed by atoms with Crippen LogP contribution in [-0.4, -0.2) is 47.1 Å². The van der Waals surface area contributed by atoms with Crippen molar-refractivity contribution in [1.82, 2.24) is 25.2 Å². The van der Waals surface area contributed by atoms with Crippen LogP contribution in [0, 0.1) is 0 Å². The quantitative estimate of drug-likeness (QED) is 0.789. The number of likely N-dealkylation sites (N-methyl/N-ethyl adjacent to an activating group) is 1. The van der Waals surface area contributed by atoms with Crippen LogP contribution in [0.3, 0.4) is 0 Å². The van der Waals surface area contributed by atoms with Crippen molar-refractivity contribution in [2.45, 2.75) is 19.5 Å². The topological polar surface area (TPSA) is 46.0 Å². The van der Waals surface area contributed by atoms with Crippen molar-refractivity contribution in [3.63, 3.8) is 0 Å². The molecule has 0 aliphatic carbocycles. The largest absolute Gasteiger partial charge is 0.314 e. The van der Waals surface area contributed by atoms with Gasteiger partial charge in [-0.2, -0.15) is 0 Å². The molecule has 5 nitrogen and oxygen atoms in total. The molecule has 0 aromatic carbocycles. The standard InChI is InChI=1S/C13H21N5S/c1-14-10-12-11-18(16-15-12)8-7-17(2)6-5-13-4-3-9-19-13/h3-4,9,11,14H,5-8,10H2,1-2H3.